The highest BCUT2D eigenvalue weighted by Gasteiger charge is 2.42. The fourth-order valence-electron chi connectivity index (χ4n) is 4.67. The highest BCUT2D eigenvalue weighted by atomic mass is 35.5. The summed E-state index contributed by atoms with van der Waals surface area (Å²) in [7, 11) is 0. The van der Waals surface area contributed by atoms with Crippen LogP contribution in [0.3, 0.4) is 0 Å². The van der Waals surface area contributed by atoms with E-state index in [9.17, 15) is 9.59 Å². The fourth-order valence-corrected chi connectivity index (χ4v) is 4.87. The lowest BCUT2D eigenvalue weighted by Gasteiger charge is -2.36. The third-order valence-corrected chi connectivity index (χ3v) is 7.01. The summed E-state index contributed by atoms with van der Waals surface area (Å²) >= 11 is 6.34. The molecule has 29 heavy (non-hydrogen) atoms. The molecule has 0 aromatic heterocycles. The van der Waals surface area contributed by atoms with E-state index in [1.165, 1.54) is 6.42 Å². The summed E-state index contributed by atoms with van der Waals surface area (Å²) in [6.07, 6.45) is 3.32. The van der Waals surface area contributed by atoms with Gasteiger partial charge in [-0.1, -0.05) is 74.7 Å². The molecular formula is C24H27ClN2O2. The average molecular weight is 411 g/mol. The van der Waals surface area contributed by atoms with Crippen LogP contribution in [-0.4, -0.2) is 22.8 Å². The molecule has 1 saturated carbocycles. The summed E-state index contributed by atoms with van der Waals surface area (Å²) in [5.41, 5.74) is 2.22. The van der Waals surface area contributed by atoms with E-state index in [0.717, 1.165) is 24.0 Å². The molecule has 4 atom stereocenters. The molecule has 2 aromatic rings. The van der Waals surface area contributed by atoms with Gasteiger partial charge in [0.1, 0.15) is 6.04 Å². The molecule has 1 N–H and O–H groups in total. The summed E-state index contributed by atoms with van der Waals surface area (Å²) in [5.74, 6) is 0.801. The van der Waals surface area contributed by atoms with Gasteiger partial charge < -0.3 is 10.2 Å². The van der Waals surface area contributed by atoms with Gasteiger partial charge in [-0.3, -0.25) is 9.59 Å². The van der Waals surface area contributed by atoms with E-state index >= 15 is 0 Å². The minimum Gasteiger partial charge on any atom is -0.351 e. The predicted octanol–water partition coefficient (Wildman–Crippen LogP) is 4.98. The molecule has 5 heteroatoms. The lowest BCUT2D eigenvalue weighted by molar-refractivity contribution is -0.127. The maximum Gasteiger partial charge on any atom is 0.255 e. The second-order valence-corrected chi connectivity index (χ2v) is 8.80. The van der Waals surface area contributed by atoms with E-state index in [2.05, 4.69) is 19.2 Å². The van der Waals surface area contributed by atoms with Gasteiger partial charge in [-0.15, -0.1) is 0 Å². The normalized spacial score (nSPS) is 26.3. The number of hydrogen-bond acceptors (Lipinski definition) is 2. The van der Waals surface area contributed by atoms with Crippen LogP contribution in [0.5, 0.6) is 0 Å². The van der Waals surface area contributed by atoms with Gasteiger partial charge >= 0.3 is 0 Å². The number of rotatable bonds is 4. The van der Waals surface area contributed by atoms with Crippen LogP contribution in [0.15, 0.2) is 48.5 Å². The largest absolute Gasteiger partial charge is 0.351 e. The molecule has 0 radical (unpaired) electrons. The molecule has 2 aliphatic rings. The van der Waals surface area contributed by atoms with Crippen LogP contribution in [0.1, 0.15) is 60.6 Å². The quantitative estimate of drug-likeness (QED) is 0.772. The minimum absolute atomic E-state index is 0.0960. The van der Waals surface area contributed by atoms with Gasteiger partial charge in [-0.05, 0) is 41.5 Å². The zero-order valence-electron chi connectivity index (χ0n) is 16.9. The molecule has 4 nitrogen and oxygen atoms in total. The second kappa shape index (κ2) is 8.19. The van der Waals surface area contributed by atoms with Gasteiger partial charge in [-0.2, -0.15) is 0 Å². The molecule has 2 amide bonds. The number of nitrogens with zero attached hydrogens (tertiary/aromatic N) is 1. The molecule has 4 rings (SSSR count). The number of amides is 2. The number of carbonyl (C=O) groups is 2. The highest BCUT2D eigenvalue weighted by Crippen LogP contribution is 2.37. The molecule has 152 valence electrons. The Morgan fingerprint density at radius 3 is 2.62 bits per heavy atom. The zero-order chi connectivity index (χ0) is 20.5. The predicted molar refractivity (Wildman–Crippen MR) is 115 cm³/mol. The lowest BCUT2D eigenvalue weighted by atomic mass is 9.78. The van der Waals surface area contributed by atoms with Crippen LogP contribution in [0.4, 0.5) is 0 Å². The van der Waals surface area contributed by atoms with Gasteiger partial charge in [0.25, 0.3) is 5.91 Å². The Hall–Kier alpha value is -2.33. The number of carbonyl (C=O) groups excluding carboxylic acids is 2. The first-order chi connectivity index (χ1) is 14.0. The zero-order valence-corrected chi connectivity index (χ0v) is 17.7. The second-order valence-electron chi connectivity index (χ2n) is 8.40. The molecule has 0 spiro atoms. The topological polar surface area (TPSA) is 49.4 Å². The lowest BCUT2D eigenvalue weighted by Crippen LogP contribution is -2.48. The van der Waals surface area contributed by atoms with Crippen molar-refractivity contribution in [2.24, 2.45) is 11.8 Å². The van der Waals surface area contributed by atoms with Crippen LogP contribution in [-0.2, 0) is 11.3 Å². The van der Waals surface area contributed by atoms with E-state index < -0.39 is 6.04 Å². The molecule has 0 bridgehead atoms. The van der Waals surface area contributed by atoms with Gasteiger partial charge in [0.15, 0.2) is 0 Å². The average Bonchev–Trinajstić information content (AvgIpc) is 2.99. The third kappa shape index (κ3) is 3.78. The van der Waals surface area contributed by atoms with Gasteiger partial charge in [-0.25, -0.2) is 0 Å². The van der Waals surface area contributed by atoms with E-state index in [0.29, 0.717) is 29.0 Å². The molecule has 1 aliphatic heterocycles. The van der Waals surface area contributed by atoms with Crippen molar-refractivity contribution in [3.05, 3.63) is 70.2 Å². The van der Waals surface area contributed by atoms with Crippen LogP contribution < -0.4 is 5.32 Å². The van der Waals surface area contributed by atoms with Crippen molar-refractivity contribution >= 4 is 23.4 Å². The molecule has 1 aliphatic carbocycles. The number of benzene rings is 2. The van der Waals surface area contributed by atoms with Gasteiger partial charge in [0.2, 0.25) is 5.91 Å². The first-order valence-corrected chi connectivity index (χ1v) is 10.8. The van der Waals surface area contributed by atoms with Crippen molar-refractivity contribution in [3.8, 4) is 0 Å². The summed E-state index contributed by atoms with van der Waals surface area (Å²) in [6, 6.07) is 14.4. The Bertz CT molecular complexity index is 929. The van der Waals surface area contributed by atoms with E-state index in [-0.39, 0.29) is 17.9 Å². The third-order valence-electron chi connectivity index (χ3n) is 6.64. The monoisotopic (exact) mass is 410 g/mol. The molecule has 2 aromatic carbocycles. The van der Waals surface area contributed by atoms with Crippen LogP contribution >= 0.6 is 11.6 Å². The smallest absolute Gasteiger partial charge is 0.255 e. The Morgan fingerprint density at radius 2 is 1.83 bits per heavy atom. The Balaban J connectivity index is 1.63. The number of halogens is 1. The molecule has 1 heterocycles. The number of hydrogen-bond donors (Lipinski definition) is 1. The maximum atomic E-state index is 13.4. The van der Waals surface area contributed by atoms with Crippen LogP contribution in [0.25, 0.3) is 0 Å². The van der Waals surface area contributed by atoms with Crippen molar-refractivity contribution < 1.29 is 9.59 Å². The standard InChI is InChI=1S/C24H27ClN2O2/c1-15-8-7-13-21(16(15)2)26-23(28)22-18-10-4-5-11-19(18)24(29)27(22)14-17-9-3-6-12-20(17)25/h3-6,9-12,15-16,21-22H,7-8,13-14H2,1-2H3,(H,26,28). The summed E-state index contributed by atoms with van der Waals surface area (Å²) in [6.45, 7) is 4.77. The van der Waals surface area contributed by atoms with Crippen molar-refractivity contribution in [2.75, 3.05) is 0 Å². The SMILES string of the molecule is CC1CCCC(NC(=O)C2c3ccccc3C(=O)N2Cc2ccccc2Cl)C1C. The van der Waals surface area contributed by atoms with Gasteiger partial charge in [0.05, 0.1) is 0 Å². The summed E-state index contributed by atoms with van der Waals surface area (Å²) in [4.78, 5) is 28.2. The molecule has 1 fully saturated rings. The molecule has 4 unspecified atom stereocenters. The fraction of sp³-hybridized carbons (Fsp3) is 0.417. The maximum absolute atomic E-state index is 13.4. The van der Waals surface area contributed by atoms with Gasteiger partial charge in [0, 0.05) is 23.2 Å². The first-order valence-electron chi connectivity index (χ1n) is 10.4. The number of nitrogens with one attached hydrogen (secondary N) is 1. The van der Waals surface area contributed by atoms with E-state index in [1.54, 1.807) is 11.0 Å². The van der Waals surface area contributed by atoms with E-state index in [1.807, 2.05) is 42.5 Å². The van der Waals surface area contributed by atoms with Crippen molar-refractivity contribution in [1.29, 1.82) is 0 Å². The number of fused-ring (bicyclic) bond motifs is 1. The Morgan fingerprint density at radius 1 is 1.10 bits per heavy atom. The van der Waals surface area contributed by atoms with Crippen molar-refractivity contribution in [2.45, 2.75) is 51.7 Å². The summed E-state index contributed by atoms with van der Waals surface area (Å²) < 4.78 is 0. The van der Waals surface area contributed by atoms with E-state index in [4.69, 9.17) is 11.6 Å². The summed E-state index contributed by atoms with van der Waals surface area (Å²) in [5, 5.41) is 3.87. The Labute approximate surface area is 177 Å². The molecule has 0 saturated heterocycles. The minimum atomic E-state index is -0.626. The van der Waals surface area contributed by atoms with Crippen molar-refractivity contribution in [3.63, 3.8) is 0 Å². The highest BCUT2D eigenvalue weighted by molar-refractivity contribution is 6.31. The van der Waals surface area contributed by atoms with Crippen LogP contribution in [0.2, 0.25) is 5.02 Å². The Kier molecular flexibility index (Phi) is 5.64. The molecular weight excluding hydrogens is 384 g/mol. The first kappa shape index (κ1) is 20.0. The van der Waals surface area contributed by atoms with Crippen LogP contribution in [0, 0.1) is 11.8 Å². The van der Waals surface area contributed by atoms with Crippen molar-refractivity contribution in [1.82, 2.24) is 10.2 Å².